The van der Waals surface area contributed by atoms with Crippen LogP contribution in [0.15, 0.2) is 58.4 Å². The minimum atomic E-state index is -0.808. The van der Waals surface area contributed by atoms with Crippen LogP contribution in [0.3, 0.4) is 0 Å². The standard InChI is InChI=1S/C17H10F2N4O2/c18-10-2-1-3-11(19)16(10)23-12-6-7-20-17(25)14(12)15(22-23)9-4-5-13(24)21-8-9/h1-8H,(H,20,25)(H,21,24). The molecule has 0 aliphatic carbocycles. The molecular formula is C17H10F2N4O2. The molecule has 124 valence electrons. The number of rotatable bonds is 2. The molecule has 0 spiro atoms. The average molecular weight is 340 g/mol. The van der Waals surface area contributed by atoms with Crippen molar-refractivity contribution in [1.29, 1.82) is 0 Å². The van der Waals surface area contributed by atoms with Gasteiger partial charge in [0, 0.05) is 24.0 Å². The molecular weight excluding hydrogens is 330 g/mol. The Balaban J connectivity index is 2.12. The fourth-order valence-corrected chi connectivity index (χ4v) is 2.70. The van der Waals surface area contributed by atoms with Crippen molar-refractivity contribution in [1.82, 2.24) is 19.7 Å². The first-order valence-electron chi connectivity index (χ1n) is 7.30. The van der Waals surface area contributed by atoms with Crippen molar-refractivity contribution in [3.8, 4) is 16.9 Å². The number of nitrogens with zero attached hydrogens (tertiary/aromatic N) is 2. The Labute approximate surface area is 138 Å². The zero-order valence-corrected chi connectivity index (χ0v) is 12.6. The number of fused-ring (bicyclic) bond motifs is 1. The van der Waals surface area contributed by atoms with E-state index in [1.807, 2.05) is 0 Å². The molecule has 0 bridgehead atoms. The van der Waals surface area contributed by atoms with Crippen molar-refractivity contribution < 1.29 is 8.78 Å². The van der Waals surface area contributed by atoms with Gasteiger partial charge in [-0.2, -0.15) is 5.10 Å². The highest BCUT2D eigenvalue weighted by molar-refractivity contribution is 5.93. The summed E-state index contributed by atoms with van der Waals surface area (Å²) in [6, 6.07) is 7.73. The Kier molecular flexibility index (Phi) is 3.31. The van der Waals surface area contributed by atoms with Gasteiger partial charge in [-0.1, -0.05) is 6.07 Å². The summed E-state index contributed by atoms with van der Waals surface area (Å²) in [7, 11) is 0. The number of nitrogens with one attached hydrogen (secondary N) is 2. The fourth-order valence-electron chi connectivity index (χ4n) is 2.70. The zero-order chi connectivity index (χ0) is 17.6. The van der Waals surface area contributed by atoms with Crippen LogP contribution in [0.25, 0.3) is 27.8 Å². The van der Waals surface area contributed by atoms with Crippen LogP contribution in [-0.2, 0) is 0 Å². The molecule has 0 amide bonds. The molecule has 3 aromatic heterocycles. The van der Waals surface area contributed by atoms with Crippen LogP contribution in [0.5, 0.6) is 0 Å². The lowest BCUT2D eigenvalue weighted by molar-refractivity contribution is 0.563. The lowest BCUT2D eigenvalue weighted by atomic mass is 10.1. The number of aromatic nitrogens is 4. The molecule has 0 saturated carbocycles. The van der Waals surface area contributed by atoms with E-state index in [1.165, 1.54) is 36.7 Å². The van der Waals surface area contributed by atoms with E-state index in [-0.39, 0.29) is 27.8 Å². The van der Waals surface area contributed by atoms with Gasteiger partial charge in [0.2, 0.25) is 5.56 Å². The predicted molar refractivity (Wildman–Crippen MR) is 87.7 cm³/mol. The minimum absolute atomic E-state index is 0.164. The summed E-state index contributed by atoms with van der Waals surface area (Å²) in [5.41, 5.74) is -0.265. The number of benzene rings is 1. The van der Waals surface area contributed by atoms with Crippen molar-refractivity contribution in [3.05, 3.63) is 81.1 Å². The second-order valence-electron chi connectivity index (χ2n) is 5.34. The van der Waals surface area contributed by atoms with Crippen LogP contribution in [0, 0.1) is 11.6 Å². The summed E-state index contributed by atoms with van der Waals surface area (Å²) in [4.78, 5) is 28.5. The molecule has 6 nitrogen and oxygen atoms in total. The van der Waals surface area contributed by atoms with E-state index in [9.17, 15) is 18.4 Å². The van der Waals surface area contributed by atoms with Crippen LogP contribution < -0.4 is 11.1 Å². The molecule has 0 radical (unpaired) electrons. The maximum Gasteiger partial charge on any atom is 0.259 e. The summed E-state index contributed by atoms with van der Waals surface area (Å²) in [6.45, 7) is 0. The highest BCUT2D eigenvalue weighted by Crippen LogP contribution is 2.28. The van der Waals surface area contributed by atoms with Gasteiger partial charge >= 0.3 is 0 Å². The first-order valence-corrected chi connectivity index (χ1v) is 7.30. The maximum atomic E-state index is 14.2. The number of hydrogen-bond acceptors (Lipinski definition) is 3. The van der Waals surface area contributed by atoms with Gasteiger partial charge in [0.15, 0.2) is 11.6 Å². The quantitative estimate of drug-likeness (QED) is 0.587. The van der Waals surface area contributed by atoms with Crippen LogP contribution >= 0.6 is 0 Å². The Bertz CT molecular complexity index is 1180. The Morgan fingerprint density at radius 2 is 1.72 bits per heavy atom. The summed E-state index contributed by atoms with van der Waals surface area (Å²) in [6.07, 6.45) is 2.76. The average Bonchev–Trinajstić information content (AvgIpc) is 2.96. The third kappa shape index (κ3) is 2.35. The molecule has 3 heterocycles. The number of hydrogen-bond donors (Lipinski definition) is 2. The molecule has 1 aromatic carbocycles. The number of H-pyrrole nitrogens is 2. The van der Waals surface area contributed by atoms with E-state index in [0.717, 1.165) is 16.8 Å². The van der Waals surface area contributed by atoms with Gasteiger partial charge in [-0.05, 0) is 24.3 Å². The predicted octanol–water partition coefficient (Wildman–Crippen LogP) is 2.35. The second-order valence-corrected chi connectivity index (χ2v) is 5.34. The smallest absolute Gasteiger partial charge is 0.259 e. The van der Waals surface area contributed by atoms with E-state index in [4.69, 9.17) is 0 Å². The lowest BCUT2D eigenvalue weighted by Crippen LogP contribution is -2.06. The minimum Gasteiger partial charge on any atom is -0.328 e. The normalized spacial score (nSPS) is 11.1. The highest BCUT2D eigenvalue weighted by atomic mass is 19.1. The molecule has 8 heteroatoms. The second kappa shape index (κ2) is 5.52. The number of halogens is 2. The molecule has 0 unspecified atom stereocenters. The van der Waals surface area contributed by atoms with Gasteiger partial charge in [-0.3, -0.25) is 9.59 Å². The molecule has 2 N–H and O–H groups in total. The number of pyridine rings is 2. The maximum absolute atomic E-state index is 14.2. The van der Waals surface area contributed by atoms with E-state index in [2.05, 4.69) is 15.1 Å². The summed E-state index contributed by atoms with van der Waals surface area (Å²) in [5, 5.41) is 4.40. The topological polar surface area (TPSA) is 83.5 Å². The van der Waals surface area contributed by atoms with E-state index >= 15 is 0 Å². The molecule has 0 saturated heterocycles. The van der Waals surface area contributed by atoms with Crippen molar-refractivity contribution in [2.24, 2.45) is 0 Å². The number of aromatic amines is 2. The van der Waals surface area contributed by atoms with Crippen LogP contribution in [0.4, 0.5) is 8.78 Å². The summed E-state index contributed by atoms with van der Waals surface area (Å²) < 4.78 is 29.4. The van der Waals surface area contributed by atoms with Gasteiger partial charge in [-0.15, -0.1) is 0 Å². The van der Waals surface area contributed by atoms with Crippen molar-refractivity contribution in [2.75, 3.05) is 0 Å². The zero-order valence-electron chi connectivity index (χ0n) is 12.6. The first kappa shape index (κ1) is 15.0. The van der Waals surface area contributed by atoms with Crippen LogP contribution in [-0.4, -0.2) is 19.7 Å². The fraction of sp³-hybridized carbons (Fsp3) is 0. The molecule has 4 rings (SSSR count). The first-order chi connectivity index (χ1) is 12.1. The van der Waals surface area contributed by atoms with Gasteiger partial charge in [0.25, 0.3) is 5.56 Å². The lowest BCUT2D eigenvalue weighted by Gasteiger charge is -2.05. The molecule has 0 aliphatic rings. The third-order valence-corrected chi connectivity index (χ3v) is 3.81. The molecule has 0 atom stereocenters. The van der Waals surface area contributed by atoms with Gasteiger partial charge in [0.1, 0.15) is 11.4 Å². The van der Waals surface area contributed by atoms with Crippen molar-refractivity contribution in [2.45, 2.75) is 0 Å². The third-order valence-electron chi connectivity index (χ3n) is 3.81. The number of para-hydroxylation sites is 1. The van der Waals surface area contributed by atoms with Crippen LogP contribution in [0.2, 0.25) is 0 Å². The Hall–Kier alpha value is -3.55. The van der Waals surface area contributed by atoms with Gasteiger partial charge < -0.3 is 9.97 Å². The SMILES string of the molecule is O=c1ccc(-c2nn(-c3c(F)cccc3F)c3cc[nH]c(=O)c23)c[nH]1. The van der Waals surface area contributed by atoms with E-state index in [0.29, 0.717) is 5.56 Å². The van der Waals surface area contributed by atoms with Gasteiger partial charge in [0.05, 0.1) is 10.9 Å². The van der Waals surface area contributed by atoms with E-state index in [1.54, 1.807) is 0 Å². The summed E-state index contributed by atoms with van der Waals surface area (Å²) in [5.74, 6) is -1.62. The molecule has 0 fully saturated rings. The van der Waals surface area contributed by atoms with Crippen molar-refractivity contribution >= 4 is 10.9 Å². The largest absolute Gasteiger partial charge is 0.328 e. The Morgan fingerprint density at radius 1 is 0.960 bits per heavy atom. The highest BCUT2D eigenvalue weighted by Gasteiger charge is 2.20. The molecule has 25 heavy (non-hydrogen) atoms. The van der Waals surface area contributed by atoms with Crippen molar-refractivity contribution in [3.63, 3.8) is 0 Å². The monoisotopic (exact) mass is 340 g/mol. The Morgan fingerprint density at radius 3 is 2.40 bits per heavy atom. The van der Waals surface area contributed by atoms with E-state index < -0.39 is 17.2 Å². The molecule has 4 aromatic rings. The van der Waals surface area contributed by atoms with Gasteiger partial charge in [-0.25, -0.2) is 13.5 Å². The summed E-state index contributed by atoms with van der Waals surface area (Å²) >= 11 is 0. The van der Waals surface area contributed by atoms with Crippen LogP contribution in [0.1, 0.15) is 0 Å². The molecule has 0 aliphatic heterocycles.